The molecule has 0 aliphatic rings. The van der Waals surface area contributed by atoms with E-state index in [1.54, 1.807) is 0 Å². The Morgan fingerprint density at radius 1 is 1.64 bits per heavy atom. The lowest BCUT2D eigenvalue weighted by atomic mass is 10.2. The molecule has 0 aliphatic carbocycles. The summed E-state index contributed by atoms with van der Waals surface area (Å²) < 4.78 is 4.71. The summed E-state index contributed by atoms with van der Waals surface area (Å²) in [4.78, 5) is 14.1. The fourth-order valence-corrected chi connectivity index (χ4v) is 0.951. The third-order valence-electron chi connectivity index (χ3n) is 1.60. The van der Waals surface area contributed by atoms with Crippen LogP contribution in [0.4, 0.5) is 0 Å². The molecule has 1 aromatic heterocycles. The van der Waals surface area contributed by atoms with Crippen molar-refractivity contribution in [2.75, 3.05) is 7.11 Å². The normalized spacial score (nSPS) is 9.86. The van der Waals surface area contributed by atoms with E-state index in [1.165, 1.54) is 13.2 Å². The van der Waals surface area contributed by atoms with Crippen molar-refractivity contribution in [1.29, 1.82) is 0 Å². The number of hydrogen-bond donors (Lipinski definition) is 3. The lowest BCUT2D eigenvalue weighted by Gasteiger charge is -2.07. The van der Waals surface area contributed by atoms with Crippen molar-refractivity contribution in [2.45, 2.75) is 6.61 Å². The molecule has 6 nitrogen and oxygen atoms in total. The average Bonchev–Trinajstić information content (AvgIpc) is 2.17. The van der Waals surface area contributed by atoms with Gasteiger partial charge in [-0.15, -0.1) is 0 Å². The van der Waals surface area contributed by atoms with Gasteiger partial charge in [-0.05, 0) is 0 Å². The van der Waals surface area contributed by atoms with E-state index in [9.17, 15) is 9.90 Å². The summed E-state index contributed by atoms with van der Waals surface area (Å²) in [6.45, 7) is -0.420. The first-order valence-corrected chi connectivity index (χ1v) is 3.71. The predicted octanol–water partition coefficient (Wildman–Crippen LogP) is -0.0137. The van der Waals surface area contributed by atoms with Crippen LogP contribution in [0.15, 0.2) is 6.07 Å². The van der Waals surface area contributed by atoms with E-state index in [0.717, 1.165) is 0 Å². The molecule has 1 aromatic rings. The van der Waals surface area contributed by atoms with Crippen LogP contribution in [-0.4, -0.2) is 33.4 Å². The number of aromatic nitrogens is 1. The number of rotatable bonds is 3. The van der Waals surface area contributed by atoms with Gasteiger partial charge in [-0.1, -0.05) is 0 Å². The van der Waals surface area contributed by atoms with Crippen molar-refractivity contribution in [3.8, 4) is 11.5 Å². The fourth-order valence-electron chi connectivity index (χ4n) is 0.951. The molecule has 3 N–H and O–H groups in total. The average molecular weight is 199 g/mol. The van der Waals surface area contributed by atoms with Crippen LogP contribution in [0.3, 0.4) is 0 Å². The molecule has 14 heavy (non-hydrogen) atoms. The number of aliphatic hydroxyl groups excluding tert-OH is 1. The number of aromatic carboxylic acids is 1. The van der Waals surface area contributed by atoms with Gasteiger partial charge in [-0.3, -0.25) is 0 Å². The minimum absolute atomic E-state index is 0.0264. The van der Waals surface area contributed by atoms with E-state index in [0.29, 0.717) is 0 Å². The predicted molar refractivity (Wildman–Crippen MR) is 45.3 cm³/mol. The van der Waals surface area contributed by atoms with Gasteiger partial charge in [-0.2, -0.15) is 0 Å². The number of ether oxygens (including phenoxy) is 1. The second-order valence-electron chi connectivity index (χ2n) is 2.48. The molecule has 0 aromatic carbocycles. The Bertz CT molecular complexity index is 363. The first kappa shape index (κ1) is 10.3. The van der Waals surface area contributed by atoms with Gasteiger partial charge in [-0.25, -0.2) is 9.78 Å². The molecular formula is C8H9NO5. The molecule has 1 heterocycles. The Kier molecular flexibility index (Phi) is 2.88. The molecule has 0 amide bonds. The van der Waals surface area contributed by atoms with Gasteiger partial charge < -0.3 is 20.1 Å². The maximum atomic E-state index is 10.6. The molecule has 0 radical (unpaired) electrons. The zero-order valence-corrected chi connectivity index (χ0v) is 7.39. The highest BCUT2D eigenvalue weighted by atomic mass is 16.5. The number of aromatic hydroxyl groups is 1. The van der Waals surface area contributed by atoms with Crippen LogP contribution in [0.2, 0.25) is 0 Å². The zero-order valence-electron chi connectivity index (χ0n) is 7.39. The highest BCUT2D eigenvalue weighted by molar-refractivity contribution is 5.89. The topological polar surface area (TPSA) is 99.9 Å². The van der Waals surface area contributed by atoms with Crippen LogP contribution in [0.25, 0.3) is 0 Å². The number of methoxy groups -OCH3 is 1. The molecular weight excluding hydrogens is 190 g/mol. The van der Waals surface area contributed by atoms with Crippen molar-refractivity contribution >= 4 is 5.97 Å². The standard InChI is InChI=1S/C8H9NO5/c1-14-5-2-4(3-10)9-6(7(5)11)8(12)13/h2,10-11H,3H2,1H3,(H,12,13). The van der Waals surface area contributed by atoms with E-state index in [4.69, 9.17) is 14.9 Å². The molecule has 0 spiro atoms. The third-order valence-corrected chi connectivity index (χ3v) is 1.60. The second-order valence-corrected chi connectivity index (χ2v) is 2.48. The van der Waals surface area contributed by atoms with Gasteiger partial charge in [0.15, 0.2) is 17.2 Å². The first-order chi connectivity index (χ1) is 6.60. The number of carboxylic acids is 1. The number of aliphatic hydroxyl groups is 1. The Morgan fingerprint density at radius 2 is 2.29 bits per heavy atom. The Labute approximate surface area is 79.4 Å². The van der Waals surface area contributed by atoms with Crippen molar-refractivity contribution in [2.24, 2.45) is 0 Å². The fraction of sp³-hybridized carbons (Fsp3) is 0.250. The summed E-state index contributed by atoms with van der Waals surface area (Å²) in [5.74, 6) is -1.95. The largest absolute Gasteiger partial charge is 0.503 e. The van der Waals surface area contributed by atoms with Gasteiger partial charge in [0.05, 0.1) is 19.4 Å². The lowest BCUT2D eigenvalue weighted by Crippen LogP contribution is -2.05. The van der Waals surface area contributed by atoms with Crippen LogP contribution >= 0.6 is 0 Å². The van der Waals surface area contributed by atoms with Crippen LogP contribution in [0, 0.1) is 0 Å². The minimum Gasteiger partial charge on any atom is -0.503 e. The van der Waals surface area contributed by atoms with Crippen molar-refractivity contribution in [3.05, 3.63) is 17.5 Å². The maximum absolute atomic E-state index is 10.6. The molecule has 0 unspecified atom stereocenters. The molecule has 0 aliphatic heterocycles. The number of carbonyl (C=O) groups is 1. The SMILES string of the molecule is COc1cc(CO)nc(C(=O)O)c1O. The molecule has 6 heteroatoms. The van der Waals surface area contributed by atoms with E-state index in [1.807, 2.05) is 0 Å². The Morgan fingerprint density at radius 3 is 2.71 bits per heavy atom. The summed E-state index contributed by atoms with van der Waals surface area (Å²) in [5, 5.41) is 26.7. The molecule has 0 saturated carbocycles. The monoisotopic (exact) mass is 199 g/mol. The summed E-state index contributed by atoms with van der Waals surface area (Å²) in [6.07, 6.45) is 0. The zero-order chi connectivity index (χ0) is 10.7. The number of carboxylic acid groups (broad SMARTS) is 1. The first-order valence-electron chi connectivity index (χ1n) is 3.71. The van der Waals surface area contributed by atoms with Crippen LogP contribution in [-0.2, 0) is 6.61 Å². The highest BCUT2D eigenvalue weighted by Crippen LogP contribution is 2.29. The third kappa shape index (κ3) is 1.74. The van der Waals surface area contributed by atoms with Crippen LogP contribution < -0.4 is 4.74 Å². The maximum Gasteiger partial charge on any atom is 0.358 e. The van der Waals surface area contributed by atoms with Gasteiger partial charge >= 0.3 is 5.97 Å². The highest BCUT2D eigenvalue weighted by Gasteiger charge is 2.17. The van der Waals surface area contributed by atoms with Gasteiger partial charge in [0.2, 0.25) is 0 Å². The molecule has 76 valence electrons. The molecule has 0 atom stereocenters. The quantitative estimate of drug-likeness (QED) is 0.632. The van der Waals surface area contributed by atoms with E-state index < -0.39 is 24.0 Å². The van der Waals surface area contributed by atoms with Gasteiger partial charge in [0.25, 0.3) is 0 Å². The van der Waals surface area contributed by atoms with E-state index in [2.05, 4.69) is 4.98 Å². The van der Waals surface area contributed by atoms with Crippen LogP contribution in [0.5, 0.6) is 11.5 Å². The molecule has 0 saturated heterocycles. The van der Waals surface area contributed by atoms with Gasteiger partial charge in [0, 0.05) is 6.07 Å². The Balaban J connectivity index is 3.34. The lowest BCUT2D eigenvalue weighted by molar-refractivity contribution is 0.0685. The number of pyridine rings is 1. The minimum atomic E-state index is -1.38. The number of hydrogen-bond acceptors (Lipinski definition) is 5. The number of nitrogens with zero attached hydrogens (tertiary/aromatic N) is 1. The summed E-state index contributed by atoms with van der Waals surface area (Å²) in [6, 6.07) is 1.27. The van der Waals surface area contributed by atoms with Crippen molar-refractivity contribution < 1.29 is 24.9 Å². The smallest absolute Gasteiger partial charge is 0.358 e. The Hall–Kier alpha value is -1.82. The van der Waals surface area contributed by atoms with Crippen molar-refractivity contribution in [3.63, 3.8) is 0 Å². The van der Waals surface area contributed by atoms with Crippen molar-refractivity contribution in [1.82, 2.24) is 4.98 Å². The van der Waals surface area contributed by atoms with E-state index in [-0.39, 0.29) is 11.4 Å². The molecule has 1 rings (SSSR count). The summed E-state index contributed by atoms with van der Waals surface area (Å²) in [5.41, 5.74) is -0.412. The molecule has 0 fully saturated rings. The van der Waals surface area contributed by atoms with Gasteiger partial charge in [0.1, 0.15) is 0 Å². The van der Waals surface area contributed by atoms with Crippen LogP contribution in [0.1, 0.15) is 16.2 Å². The second kappa shape index (κ2) is 3.93. The van der Waals surface area contributed by atoms with E-state index >= 15 is 0 Å². The molecule has 0 bridgehead atoms. The summed E-state index contributed by atoms with van der Waals surface area (Å²) in [7, 11) is 1.28. The summed E-state index contributed by atoms with van der Waals surface area (Å²) >= 11 is 0.